The van der Waals surface area contributed by atoms with E-state index in [-0.39, 0.29) is 24.2 Å². The molecule has 1 aromatic heterocycles. The number of hydrogen-bond acceptors (Lipinski definition) is 3. The molecule has 26 heavy (non-hydrogen) atoms. The van der Waals surface area contributed by atoms with E-state index in [1.165, 1.54) is 12.1 Å². The van der Waals surface area contributed by atoms with Gasteiger partial charge >= 0.3 is 0 Å². The first kappa shape index (κ1) is 18.1. The number of rotatable bonds is 5. The number of carbonyl (C=O) groups excluding carboxylic acids is 2. The van der Waals surface area contributed by atoms with Crippen molar-refractivity contribution >= 4 is 11.8 Å². The number of carbonyl (C=O) groups is 2. The first-order valence-corrected chi connectivity index (χ1v) is 8.84. The summed E-state index contributed by atoms with van der Waals surface area (Å²) < 4.78 is 15.1. The van der Waals surface area contributed by atoms with Gasteiger partial charge in [-0.1, -0.05) is 18.6 Å². The van der Waals surface area contributed by atoms with Crippen LogP contribution in [0.3, 0.4) is 0 Å². The quantitative estimate of drug-likeness (QED) is 0.891. The number of halogens is 1. The van der Waals surface area contributed by atoms with Gasteiger partial charge in [-0.05, 0) is 30.5 Å². The summed E-state index contributed by atoms with van der Waals surface area (Å²) in [6, 6.07) is 5.47. The molecular formula is C19H23FN4O2. The van der Waals surface area contributed by atoms with Crippen LogP contribution in [0, 0.1) is 5.82 Å². The molecule has 1 saturated heterocycles. The van der Waals surface area contributed by atoms with Crippen LogP contribution in [0.25, 0.3) is 0 Å². The van der Waals surface area contributed by atoms with E-state index in [0.717, 1.165) is 24.8 Å². The molecule has 0 radical (unpaired) electrons. The molecule has 1 aromatic carbocycles. The van der Waals surface area contributed by atoms with Crippen molar-refractivity contribution in [3.05, 3.63) is 53.9 Å². The molecule has 2 aromatic rings. The maximum atomic E-state index is 13.3. The summed E-state index contributed by atoms with van der Waals surface area (Å²) in [5.74, 6) is 0.0755. The summed E-state index contributed by atoms with van der Waals surface area (Å²) in [5, 5.41) is 2.95. The van der Waals surface area contributed by atoms with Gasteiger partial charge in [-0.3, -0.25) is 9.59 Å². The number of amides is 2. The van der Waals surface area contributed by atoms with E-state index in [1.54, 1.807) is 29.4 Å². The first-order chi connectivity index (χ1) is 12.5. The van der Waals surface area contributed by atoms with Crippen LogP contribution in [0.2, 0.25) is 0 Å². The second-order valence-electron chi connectivity index (χ2n) is 6.57. The number of hydrogen-bond donors (Lipinski definition) is 1. The highest BCUT2D eigenvalue weighted by atomic mass is 19.1. The molecule has 6 nitrogen and oxygen atoms in total. The maximum Gasteiger partial charge on any atom is 0.240 e. The van der Waals surface area contributed by atoms with Crippen LogP contribution in [-0.2, 0) is 16.6 Å². The van der Waals surface area contributed by atoms with Crippen LogP contribution in [0.4, 0.5) is 4.39 Å². The molecule has 0 aliphatic carbocycles. The number of nitrogens with zero attached hydrogens (tertiary/aromatic N) is 3. The fourth-order valence-electron chi connectivity index (χ4n) is 3.19. The Hall–Kier alpha value is -2.70. The van der Waals surface area contributed by atoms with Crippen molar-refractivity contribution in [2.45, 2.75) is 31.7 Å². The summed E-state index contributed by atoms with van der Waals surface area (Å²) in [5.41, 5.74) is 0.733. The van der Waals surface area contributed by atoms with E-state index < -0.39 is 6.04 Å². The van der Waals surface area contributed by atoms with Gasteiger partial charge in [-0.15, -0.1) is 0 Å². The van der Waals surface area contributed by atoms with E-state index >= 15 is 0 Å². The van der Waals surface area contributed by atoms with Gasteiger partial charge in [-0.2, -0.15) is 0 Å². The predicted octanol–water partition coefficient (Wildman–Crippen LogP) is 2.17. The molecule has 0 bridgehead atoms. The van der Waals surface area contributed by atoms with Crippen molar-refractivity contribution in [3.63, 3.8) is 0 Å². The zero-order valence-electron chi connectivity index (χ0n) is 14.8. The molecule has 1 aliphatic rings. The molecule has 1 N–H and O–H groups in total. The van der Waals surface area contributed by atoms with Crippen molar-refractivity contribution in [1.82, 2.24) is 19.8 Å². The molecule has 3 rings (SSSR count). The molecule has 1 aliphatic heterocycles. The zero-order chi connectivity index (χ0) is 18.5. The number of aromatic nitrogens is 2. The third-order valence-corrected chi connectivity index (χ3v) is 4.63. The van der Waals surface area contributed by atoms with Crippen LogP contribution < -0.4 is 5.32 Å². The number of imidazole rings is 1. The minimum atomic E-state index is -0.509. The third kappa shape index (κ3) is 4.28. The minimum absolute atomic E-state index is 0.0213. The highest BCUT2D eigenvalue weighted by Gasteiger charge is 2.24. The van der Waals surface area contributed by atoms with Gasteiger partial charge in [0.2, 0.25) is 11.8 Å². The lowest BCUT2D eigenvalue weighted by atomic mass is 10.1. The van der Waals surface area contributed by atoms with Gasteiger partial charge in [0.1, 0.15) is 17.7 Å². The maximum absolute atomic E-state index is 13.3. The molecule has 2 heterocycles. The van der Waals surface area contributed by atoms with E-state index in [2.05, 4.69) is 10.3 Å². The van der Waals surface area contributed by atoms with Crippen LogP contribution >= 0.6 is 0 Å². The monoisotopic (exact) mass is 358 g/mol. The first-order valence-electron chi connectivity index (χ1n) is 8.84. The lowest BCUT2D eigenvalue weighted by molar-refractivity contribution is -0.135. The fourth-order valence-corrected chi connectivity index (χ4v) is 3.19. The minimum Gasteiger partial charge on any atom is -0.341 e. The largest absolute Gasteiger partial charge is 0.341 e. The van der Waals surface area contributed by atoms with E-state index in [4.69, 9.17) is 0 Å². The smallest absolute Gasteiger partial charge is 0.240 e. The lowest BCUT2D eigenvalue weighted by Crippen LogP contribution is -2.42. The molecule has 0 saturated carbocycles. The molecule has 7 heteroatoms. The zero-order valence-corrected chi connectivity index (χ0v) is 14.8. The summed E-state index contributed by atoms with van der Waals surface area (Å²) >= 11 is 0. The Labute approximate surface area is 152 Å². The van der Waals surface area contributed by atoms with Crippen LogP contribution in [0.5, 0.6) is 0 Å². The van der Waals surface area contributed by atoms with Crippen molar-refractivity contribution < 1.29 is 14.0 Å². The third-order valence-electron chi connectivity index (χ3n) is 4.63. The average molecular weight is 358 g/mol. The summed E-state index contributed by atoms with van der Waals surface area (Å²) in [7, 11) is 1.84. The number of benzene rings is 1. The van der Waals surface area contributed by atoms with Gasteiger partial charge in [-0.25, -0.2) is 9.37 Å². The van der Waals surface area contributed by atoms with Gasteiger partial charge in [0, 0.05) is 32.4 Å². The number of aryl methyl sites for hydroxylation is 1. The molecule has 1 fully saturated rings. The lowest BCUT2D eigenvalue weighted by Gasteiger charge is -2.23. The Kier molecular flexibility index (Phi) is 5.65. The van der Waals surface area contributed by atoms with Crippen LogP contribution in [-0.4, -0.2) is 39.4 Å². The Morgan fingerprint density at radius 3 is 2.73 bits per heavy atom. The summed E-state index contributed by atoms with van der Waals surface area (Å²) in [4.78, 5) is 30.7. The van der Waals surface area contributed by atoms with E-state index in [0.29, 0.717) is 18.8 Å². The van der Waals surface area contributed by atoms with Crippen LogP contribution in [0.1, 0.15) is 43.1 Å². The molecular weight excluding hydrogens is 335 g/mol. The van der Waals surface area contributed by atoms with Gasteiger partial charge < -0.3 is 14.8 Å². The summed E-state index contributed by atoms with van der Waals surface area (Å²) in [6.45, 7) is 0.636. The van der Waals surface area contributed by atoms with Crippen molar-refractivity contribution in [2.24, 2.45) is 7.05 Å². The van der Waals surface area contributed by atoms with Gasteiger partial charge in [0.05, 0.1) is 6.54 Å². The molecule has 1 atom stereocenters. The standard InChI is InChI=1S/C19H23FN4O2/c1-23-12-10-21-19(23)18(14-6-8-15(20)9-7-14)22-16(25)13-24-11-4-2-3-5-17(24)26/h6-10,12,18H,2-5,11,13H2,1H3,(H,22,25). The van der Waals surface area contributed by atoms with Crippen molar-refractivity contribution in [3.8, 4) is 0 Å². The summed E-state index contributed by atoms with van der Waals surface area (Å²) in [6.07, 6.45) is 6.73. The van der Waals surface area contributed by atoms with E-state index in [1.807, 2.05) is 11.6 Å². The second-order valence-corrected chi connectivity index (χ2v) is 6.57. The highest BCUT2D eigenvalue weighted by Crippen LogP contribution is 2.21. The SMILES string of the molecule is Cn1ccnc1C(NC(=O)CN1CCCCCC1=O)c1ccc(F)cc1. The second kappa shape index (κ2) is 8.12. The topological polar surface area (TPSA) is 67.2 Å². The normalized spacial score (nSPS) is 16.2. The van der Waals surface area contributed by atoms with E-state index in [9.17, 15) is 14.0 Å². The highest BCUT2D eigenvalue weighted by molar-refractivity contribution is 5.85. The Morgan fingerprint density at radius 2 is 2.04 bits per heavy atom. The van der Waals surface area contributed by atoms with Gasteiger partial charge in [0.15, 0.2) is 0 Å². The number of nitrogens with one attached hydrogen (secondary N) is 1. The number of likely N-dealkylation sites (tertiary alicyclic amines) is 1. The molecule has 138 valence electrons. The van der Waals surface area contributed by atoms with Crippen molar-refractivity contribution in [1.29, 1.82) is 0 Å². The Balaban J connectivity index is 1.77. The predicted molar refractivity (Wildman–Crippen MR) is 94.6 cm³/mol. The Bertz CT molecular complexity index is 772. The molecule has 0 spiro atoms. The van der Waals surface area contributed by atoms with Gasteiger partial charge in [0.25, 0.3) is 0 Å². The average Bonchev–Trinajstić information content (AvgIpc) is 2.94. The van der Waals surface area contributed by atoms with Crippen LogP contribution in [0.15, 0.2) is 36.7 Å². The van der Waals surface area contributed by atoms with Crippen molar-refractivity contribution in [2.75, 3.05) is 13.1 Å². The fraction of sp³-hybridized carbons (Fsp3) is 0.421. The Morgan fingerprint density at radius 1 is 1.27 bits per heavy atom. The molecule has 1 unspecified atom stereocenters. The molecule has 2 amide bonds.